The van der Waals surface area contributed by atoms with Crippen LogP contribution in [-0.4, -0.2) is 0 Å². The third kappa shape index (κ3) is 1.99. The number of aryl methyl sites for hydroxylation is 2. The number of hydrogen-bond acceptors (Lipinski definition) is 0. The van der Waals surface area contributed by atoms with E-state index in [0.717, 1.165) is 16.0 Å². The molecule has 0 aliphatic heterocycles. The molecule has 0 heteroatoms. The van der Waals surface area contributed by atoms with E-state index in [4.69, 9.17) is 0 Å². The second-order valence-corrected chi connectivity index (χ2v) is 7.15. The molecule has 0 saturated carbocycles. The Kier molecular flexibility index (Phi) is 3.08. The molecule has 3 aromatic rings. The van der Waals surface area contributed by atoms with Crippen LogP contribution in [0.15, 0.2) is 36.4 Å². The summed E-state index contributed by atoms with van der Waals surface area (Å²) in [7, 11) is 0. The Morgan fingerprint density at radius 3 is 1.75 bits per heavy atom. The van der Waals surface area contributed by atoms with Gasteiger partial charge < -0.3 is 0 Å². The molecule has 4 rings (SSSR count). The molecule has 1 atom stereocenters. The number of hydrogen-bond donors (Lipinski definition) is 0. The molecule has 1 unspecified atom stereocenters. The summed E-state index contributed by atoms with van der Waals surface area (Å²) >= 11 is 0. The van der Waals surface area contributed by atoms with Crippen LogP contribution in [0.5, 0.6) is 0 Å². The first-order valence-corrected chi connectivity index (χ1v) is 8.44. The third-order valence-electron chi connectivity index (χ3n) is 5.44. The molecule has 0 N–H and O–H groups in total. The van der Waals surface area contributed by atoms with E-state index < -0.39 is 0 Å². The number of benzene rings is 3. The van der Waals surface area contributed by atoms with Crippen LogP contribution in [0.4, 0.5) is 0 Å². The van der Waals surface area contributed by atoms with Gasteiger partial charge in [-0.3, -0.25) is 0 Å². The van der Waals surface area contributed by atoms with Crippen LogP contribution in [0.3, 0.4) is 0 Å². The van der Waals surface area contributed by atoms with Gasteiger partial charge in [0.25, 0.3) is 0 Å². The molecule has 1 aliphatic rings. The largest absolute Gasteiger partial charge is 0.0952 e. The molecule has 1 aliphatic carbocycles. The van der Waals surface area contributed by atoms with E-state index in [2.05, 4.69) is 76.9 Å². The topological polar surface area (TPSA) is 0 Å². The zero-order chi connectivity index (χ0) is 17.2. The summed E-state index contributed by atoms with van der Waals surface area (Å²) in [5, 5.41) is 9.94. The molecule has 0 amide bonds. The van der Waals surface area contributed by atoms with Crippen molar-refractivity contribution in [2.75, 3.05) is 0 Å². The van der Waals surface area contributed by atoms with Gasteiger partial charge in [0, 0.05) is 0 Å². The van der Waals surface area contributed by atoms with Crippen LogP contribution < -0.4 is 20.9 Å². The van der Waals surface area contributed by atoms with Crippen LogP contribution in [0.25, 0.3) is 46.9 Å². The van der Waals surface area contributed by atoms with Gasteiger partial charge in [-0.2, -0.15) is 0 Å². The van der Waals surface area contributed by atoms with Crippen molar-refractivity contribution in [1.82, 2.24) is 0 Å². The summed E-state index contributed by atoms with van der Waals surface area (Å²) in [6.45, 7) is 19.1. The quantitative estimate of drug-likeness (QED) is 0.559. The van der Waals surface area contributed by atoms with Gasteiger partial charge in [0.05, 0.1) is 0 Å². The maximum Gasteiger partial charge on any atom is -0.000665 e. The van der Waals surface area contributed by atoms with Crippen LogP contribution >= 0.6 is 0 Å². The maximum absolute atomic E-state index is 4.24. The molecule has 24 heavy (non-hydrogen) atoms. The molecule has 0 fully saturated rings. The fourth-order valence-electron chi connectivity index (χ4n) is 3.70. The van der Waals surface area contributed by atoms with Crippen LogP contribution in [0, 0.1) is 19.8 Å². The molecule has 0 radical (unpaired) electrons. The highest BCUT2D eigenvalue weighted by Crippen LogP contribution is 2.23. The average Bonchev–Trinajstić information content (AvgIpc) is 2.53. The van der Waals surface area contributed by atoms with Gasteiger partial charge in [-0.25, -0.2) is 0 Å². The Morgan fingerprint density at radius 1 is 0.708 bits per heavy atom. The lowest BCUT2D eigenvalue weighted by molar-refractivity contribution is 0.954. The standard InChI is InChI=1S/C24H22/c1-13-7-19-20(8-14(13)2)22-10-16(4)18(6)12-24(22)23-11-17(5)15(3)9-21(19)23/h7-12,14H,1,3-4H2,2,5-6H3. The maximum atomic E-state index is 4.24. The van der Waals surface area contributed by atoms with Gasteiger partial charge in [-0.05, 0) is 91.0 Å². The fraction of sp³-hybridized carbons (Fsp3) is 0.167. The lowest BCUT2D eigenvalue weighted by atomic mass is 9.87. The second kappa shape index (κ2) is 4.95. The van der Waals surface area contributed by atoms with Gasteiger partial charge in [-0.15, -0.1) is 0 Å². The highest BCUT2D eigenvalue weighted by molar-refractivity contribution is 6.09. The molecule has 118 valence electrons. The van der Waals surface area contributed by atoms with Crippen molar-refractivity contribution in [3.8, 4) is 0 Å². The number of allylic oxidation sites excluding steroid dienone is 1. The Bertz CT molecular complexity index is 1270. The molecule has 3 aromatic carbocycles. The highest BCUT2D eigenvalue weighted by atomic mass is 14.2. The lowest BCUT2D eigenvalue weighted by Gasteiger charge is -2.16. The zero-order valence-electron chi connectivity index (χ0n) is 14.7. The van der Waals surface area contributed by atoms with Crippen molar-refractivity contribution in [1.29, 1.82) is 0 Å². The van der Waals surface area contributed by atoms with Crippen molar-refractivity contribution in [3.63, 3.8) is 0 Å². The number of fused-ring (bicyclic) bond motifs is 6. The smallest absolute Gasteiger partial charge is 0.000665 e. The van der Waals surface area contributed by atoms with E-state index in [1.807, 2.05) is 0 Å². The molecular formula is C24H22. The molecule has 0 saturated heterocycles. The normalized spacial score (nSPS) is 16.8. The van der Waals surface area contributed by atoms with Crippen molar-refractivity contribution in [2.45, 2.75) is 20.8 Å². The summed E-state index contributed by atoms with van der Waals surface area (Å²) in [6.07, 6.45) is 4.59. The van der Waals surface area contributed by atoms with Crippen molar-refractivity contribution in [3.05, 3.63) is 68.4 Å². The minimum absolute atomic E-state index is 0.359. The molecular weight excluding hydrogens is 288 g/mol. The van der Waals surface area contributed by atoms with Crippen LogP contribution in [0.2, 0.25) is 0 Å². The molecule has 0 bridgehead atoms. The van der Waals surface area contributed by atoms with E-state index in [1.54, 1.807) is 0 Å². The SMILES string of the molecule is C=C1C=c2c(c3cc(=C)c(C)cc3c3cc(C)c(=C)cc23)=CC1C. The van der Waals surface area contributed by atoms with E-state index in [0.29, 0.717) is 5.92 Å². The Hall–Kier alpha value is -2.60. The van der Waals surface area contributed by atoms with Crippen molar-refractivity contribution in [2.24, 2.45) is 5.92 Å². The zero-order valence-corrected chi connectivity index (χ0v) is 14.7. The van der Waals surface area contributed by atoms with E-state index in [-0.39, 0.29) is 0 Å². The van der Waals surface area contributed by atoms with Crippen molar-refractivity contribution >= 4 is 46.9 Å². The van der Waals surface area contributed by atoms with Crippen LogP contribution in [0.1, 0.15) is 18.1 Å². The highest BCUT2D eigenvalue weighted by Gasteiger charge is 2.13. The lowest BCUT2D eigenvalue weighted by Crippen LogP contribution is -2.32. The molecule has 0 aromatic heterocycles. The van der Waals surface area contributed by atoms with Crippen molar-refractivity contribution < 1.29 is 0 Å². The van der Waals surface area contributed by atoms with E-state index >= 15 is 0 Å². The third-order valence-corrected chi connectivity index (χ3v) is 5.44. The van der Waals surface area contributed by atoms with Crippen LogP contribution in [-0.2, 0) is 0 Å². The Balaban J connectivity index is 2.45. The first-order valence-electron chi connectivity index (χ1n) is 8.44. The summed E-state index contributed by atoms with van der Waals surface area (Å²) in [5.41, 5.74) is 3.63. The monoisotopic (exact) mass is 310 g/mol. The summed E-state index contributed by atoms with van der Waals surface area (Å²) in [5.74, 6) is 0.359. The molecule has 0 spiro atoms. The predicted octanol–water partition coefficient (Wildman–Crippen LogP) is 3.20. The molecule has 0 heterocycles. The van der Waals surface area contributed by atoms with Gasteiger partial charge in [0.1, 0.15) is 0 Å². The Morgan fingerprint density at radius 2 is 1.21 bits per heavy atom. The van der Waals surface area contributed by atoms with Gasteiger partial charge >= 0.3 is 0 Å². The fourth-order valence-corrected chi connectivity index (χ4v) is 3.70. The first-order chi connectivity index (χ1) is 11.4. The second-order valence-electron chi connectivity index (χ2n) is 7.15. The minimum atomic E-state index is 0.359. The van der Waals surface area contributed by atoms with E-state index in [1.165, 1.54) is 43.1 Å². The summed E-state index contributed by atoms with van der Waals surface area (Å²) < 4.78 is 0. The summed E-state index contributed by atoms with van der Waals surface area (Å²) in [6, 6.07) is 9.02. The minimum Gasteiger partial charge on any atom is -0.0952 e. The molecule has 0 nitrogen and oxygen atoms in total. The predicted molar refractivity (Wildman–Crippen MR) is 108 cm³/mol. The van der Waals surface area contributed by atoms with Gasteiger partial charge in [0.15, 0.2) is 0 Å². The van der Waals surface area contributed by atoms with Gasteiger partial charge in [-0.1, -0.05) is 50.9 Å². The number of rotatable bonds is 0. The average molecular weight is 310 g/mol. The Labute approximate surface area is 142 Å². The van der Waals surface area contributed by atoms with Gasteiger partial charge in [0.2, 0.25) is 0 Å². The van der Waals surface area contributed by atoms with E-state index in [9.17, 15) is 0 Å². The summed E-state index contributed by atoms with van der Waals surface area (Å²) in [4.78, 5) is 0. The first kappa shape index (κ1) is 15.0.